The highest BCUT2D eigenvalue weighted by molar-refractivity contribution is 6.36. The molecule has 0 atom stereocenters. The second kappa shape index (κ2) is 10.5. The number of benzene rings is 2. The van der Waals surface area contributed by atoms with E-state index in [4.69, 9.17) is 32.4 Å². The summed E-state index contributed by atoms with van der Waals surface area (Å²) in [6.45, 7) is 1.77. The van der Waals surface area contributed by atoms with E-state index in [0.29, 0.717) is 16.4 Å². The first-order chi connectivity index (χ1) is 15.4. The van der Waals surface area contributed by atoms with Gasteiger partial charge in [-0.3, -0.25) is 4.79 Å². The monoisotopic (exact) mass is 469 g/mol. The van der Waals surface area contributed by atoms with Crippen LogP contribution in [0.1, 0.15) is 23.0 Å². The zero-order valence-corrected chi connectivity index (χ0v) is 18.3. The third-order valence-electron chi connectivity index (χ3n) is 4.13. The van der Waals surface area contributed by atoms with E-state index < -0.39 is 11.9 Å². The van der Waals surface area contributed by atoms with Gasteiger partial charge >= 0.3 is 5.97 Å². The third-order valence-corrected chi connectivity index (χ3v) is 4.76. The second-order valence-electron chi connectivity index (χ2n) is 6.33. The molecule has 162 valence electrons. The number of hydrogen-bond donors (Lipinski definition) is 2. The maximum absolute atomic E-state index is 12.5. The number of halogens is 2. The predicted octanol–water partition coefficient (Wildman–Crippen LogP) is 6.05. The molecular formula is C23H17Cl2N3O4. The fraction of sp³-hybridized carbons (Fsp3) is 0.0870. The number of hydrogen-bond acceptors (Lipinski definition) is 6. The van der Waals surface area contributed by atoms with Crippen molar-refractivity contribution >= 4 is 58.4 Å². The molecule has 7 nitrogen and oxygen atoms in total. The van der Waals surface area contributed by atoms with Crippen LogP contribution >= 0.6 is 23.2 Å². The molecule has 1 aromatic heterocycles. The Bertz CT molecular complexity index is 1200. The van der Waals surface area contributed by atoms with Crippen LogP contribution in [0.5, 0.6) is 0 Å². The number of para-hydroxylation sites is 1. The zero-order valence-electron chi connectivity index (χ0n) is 16.8. The smallest absolute Gasteiger partial charge is 0.345 e. The average molecular weight is 470 g/mol. The van der Waals surface area contributed by atoms with Crippen molar-refractivity contribution in [3.05, 3.63) is 81.5 Å². The van der Waals surface area contributed by atoms with E-state index in [1.807, 2.05) is 6.07 Å². The Morgan fingerprint density at radius 2 is 1.78 bits per heavy atom. The van der Waals surface area contributed by atoms with Crippen LogP contribution in [0.4, 0.5) is 17.3 Å². The van der Waals surface area contributed by atoms with E-state index in [1.54, 1.807) is 61.5 Å². The molecule has 1 heterocycles. The molecule has 3 aromatic rings. The maximum Gasteiger partial charge on any atom is 0.345 e. The largest absolute Gasteiger partial charge is 0.462 e. The van der Waals surface area contributed by atoms with Crippen molar-refractivity contribution in [1.82, 2.24) is 0 Å². The van der Waals surface area contributed by atoms with Gasteiger partial charge in [0.1, 0.15) is 22.2 Å². The molecule has 2 N–H and O–H groups in total. The van der Waals surface area contributed by atoms with Crippen molar-refractivity contribution in [1.29, 1.82) is 5.26 Å². The summed E-state index contributed by atoms with van der Waals surface area (Å²) in [4.78, 5) is 25.0. The number of ether oxygens (including phenoxy) is 1. The number of nitrogens with one attached hydrogen (secondary N) is 2. The molecule has 0 aliphatic carbocycles. The molecule has 0 aliphatic heterocycles. The summed E-state index contributed by atoms with van der Waals surface area (Å²) in [5.41, 5.74) is 0.762. The molecule has 3 rings (SSSR count). The van der Waals surface area contributed by atoms with E-state index in [2.05, 4.69) is 10.6 Å². The van der Waals surface area contributed by atoms with Gasteiger partial charge in [-0.2, -0.15) is 5.26 Å². The van der Waals surface area contributed by atoms with Gasteiger partial charge in [0.05, 0.1) is 6.61 Å². The first-order valence-electron chi connectivity index (χ1n) is 9.43. The van der Waals surface area contributed by atoms with Crippen LogP contribution in [-0.4, -0.2) is 18.5 Å². The molecule has 0 bridgehead atoms. The molecule has 9 heteroatoms. The number of carbonyl (C=O) groups excluding carboxylic acids is 2. The number of furan rings is 1. The highest BCUT2D eigenvalue weighted by Crippen LogP contribution is 2.36. The molecular weight excluding hydrogens is 453 g/mol. The lowest BCUT2D eigenvalue weighted by atomic mass is 10.2. The Balaban J connectivity index is 1.97. The van der Waals surface area contributed by atoms with E-state index in [9.17, 15) is 14.9 Å². The minimum Gasteiger partial charge on any atom is -0.462 e. The SMILES string of the molecule is CCOC(=O)c1c(Nc2ccc(Cl)cc2)oc(/C=C(\C#N)C(=O)Nc2ccccc2)c1Cl. The Labute approximate surface area is 194 Å². The molecule has 2 aromatic carbocycles. The van der Waals surface area contributed by atoms with Gasteiger partial charge in [0.15, 0.2) is 5.76 Å². The number of anilines is 3. The molecule has 0 spiro atoms. The van der Waals surface area contributed by atoms with Gasteiger partial charge in [-0.15, -0.1) is 0 Å². The highest BCUT2D eigenvalue weighted by atomic mass is 35.5. The first kappa shape index (κ1) is 22.9. The molecule has 1 amide bonds. The summed E-state index contributed by atoms with van der Waals surface area (Å²) in [5.74, 6) is -1.42. The summed E-state index contributed by atoms with van der Waals surface area (Å²) < 4.78 is 10.8. The van der Waals surface area contributed by atoms with Gasteiger partial charge < -0.3 is 19.8 Å². The lowest BCUT2D eigenvalue weighted by Gasteiger charge is -2.06. The maximum atomic E-state index is 12.5. The van der Waals surface area contributed by atoms with Crippen molar-refractivity contribution < 1.29 is 18.7 Å². The van der Waals surface area contributed by atoms with E-state index >= 15 is 0 Å². The van der Waals surface area contributed by atoms with Crippen LogP contribution in [-0.2, 0) is 9.53 Å². The van der Waals surface area contributed by atoms with Gasteiger partial charge in [-0.05, 0) is 43.3 Å². The molecule has 0 fully saturated rings. The van der Waals surface area contributed by atoms with Crippen molar-refractivity contribution in [2.45, 2.75) is 6.92 Å². The van der Waals surface area contributed by atoms with Gasteiger partial charge in [-0.25, -0.2) is 4.79 Å². The summed E-state index contributed by atoms with van der Waals surface area (Å²) in [7, 11) is 0. The van der Waals surface area contributed by atoms with Crippen LogP contribution in [0, 0.1) is 11.3 Å². The molecule has 0 radical (unpaired) electrons. The van der Waals surface area contributed by atoms with Crippen molar-refractivity contribution in [2.75, 3.05) is 17.2 Å². The minimum absolute atomic E-state index is 0.00257. The van der Waals surface area contributed by atoms with Crippen molar-refractivity contribution in [2.24, 2.45) is 0 Å². The normalized spacial score (nSPS) is 10.9. The molecule has 32 heavy (non-hydrogen) atoms. The minimum atomic E-state index is -0.718. The number of amides is 1. The number of nitriles is 1. The highest BCUT2D eigenvalue weighted by Gasteiger charge is 2.26. The average Bonchev–Trinajstić information content (AvgIpc) is 3.09. The summed E-state index contributed by atoms with van der Waals surface area (Å²) >= 11 is 12.3. The van der Waals surface area contributed by atoms with Gasteiger partial charge in [0.25, 0.3) is 5.91 Å². The van der Waals surface area contributed by atoms with E-state index in [1.165, 1.54) is 0 Å². The Kier molecular flexibility index (Phi) is 7.55. The summed E-state index contributed by atoms with van der Waals surface area (Å²) in [5, 5.41) is 15.5. The quantitative estimate of drug-likeness (QED) is 0.247. The summed E-state index contributed by atoms with van der Waals surface area (Å²) in [6.07, 6.45) is 1.16. The zero-order chi connectivity index (χ0) is 23.1. The van der Waals surface area contributed by atoms with Gasteiger partial charge in [0, 0.05) is 22.5 Å². The van der Waals surface area contributed by atoms with E-state index in [-0.39, 0.29) is 34.4 Å². The molecule has 0 saturated carbocycles. The van der Waals surface area contributed by atoms with Crippen LogP contribution < -0.4 is 10.6 Å². The number of esters is 1. The van der Waals surface area contributed by atoms with Crippen molar-refractivity contribution in [3.8, 4) is 6.07 Å². The van der Waals surface area contributed by atoms with E-state index in [0.717, 1.165) is 6.08 Å². The molecule has 0 aliphatic rings. The Morgan fingerprint density at radius 1 is 1.09 bits per heavy atom. The summed E-state index contributed by atoms with van der Waals surface area (Å²) in [6, 6.07) is 17.1. The first-order valence-corrected chi connectivity index (χ1v) is 10.2. The molecule has 0 unspecified atom stereocenters. The predicted molar refractivity (Wildman–Crippen MR) is 123 cm³/mol. The number of nitrogens with zero attached hydrogens (tertiary/aromatic N) is 1. The van der Waals surface area contributed by atoms with Crippen molar-refractivity contribution in [3.63, 3.8) is 0 Å². The van der Waals surface area contributed by atoms with Gasteiger partial charge in [0.2, 0.25) is 5.88 Å². The molecule has 0 saturated heterocycles. The number of rotatable bonds is 7. The fourth-order valence-electron chi connectivity index (χ4n) is 2.66. The van der Waals surface area contributed by atoms with Gasteiger partial charge in [-0.1, -0.05) is 41.4 Å². The Hall–Kier alpha value is -3.73. The third kappa shape index (κ3) is 5.49. The Morgan fingerprint density at radius 3 is 2.41 bits per heavy atom. The standard InChI is InChI=1S/C23H17Cl2N3O4/c1-2-31-23(30)19-20(25)18(32-22(19)28-17-10-8-15(24)9-11-17)12-14(13-26)21(29)27-16-6-4-3-5-7-16/h3-12,28H,2H2,1H3,(H,27,29)/b14-12+. The lowest BCUT2D eigenvalue weighted by molar-refractivity contribution is -0.112. The fourth-order valence-corrected chi connectivity index (χ4v) is 3.04. The lowest BCUT2D eigenvalue weighted by Crippen LogP contribution is -2.13. The number of carbonyl (C=O) groups is 2. The van der Waals surface area contributed by atoms with Crippen LogP contribution in [0.25, 0.3) is 6.08 Å². The second-order valence-corrected chi connectivity index (χ2v) is 7.14. The van der Waals surface area contributed by atoms with Crippen LogP contribution in [0.15, 0.2) is 64.6 Å². The topological polar surface area (TPSA) is 104 Å². The van der Waals surface area contributed by atoms with Crippen LogP contribution in [0.2, 0.25) is 10.0 Å². The van der Waals surface area contributed by atoms with Crippen LogP contribution in [0.3, 0.4) is 0 Å².